The predicted molar refractivity (Wildman–Crippen MR) is 86.6 cm³/mol. The van der Waals surface area contributed by atoms with Gasteiger partial charge in [-0.25, -0.2) is 9.59 Å². The number of rotatable bonds is 2. The smallest absolute Gasteiger partial charge is 0.414 e. The van der Waals surface area contributed by atoms with Crippen molar-refractivity contribution in [3.63, 3.8) is 0 Å². The third kappa shape index (κ3) is 4.67. The average molecular weight is 312 g/mol. The lowest BCUT2D eigenvalue weighted by molar-refractivity contribution is -0.159. The number of carboxylic acids is 2. The van der Waals surface area contributed by atoms with Crippen molar-refractivity contribution in [2.75, 3.05) is 13.1 Å². The number of hydrogen-bond donors (Lipinski definition) is 3. The second kappa shape index (κ2) is 7.74. The number of amidine groups is 1. The molecule has 0 fully saturated rings. The molecule has 6 heteroatoms. The highest BCUT2D eigenvalue weighted by Crippen LogP contribution is 2.19. The molecule has 1 aliphatic rings. The average Bonchev–Trinajstić information content (AvgIpc) is 3.11. The second-order valence-corrected chi connectivity index (χ2v) is 4.71. The van der Waals surface area contributed by atoms with Crippen LogP contribution in [0.2, 0.25) is 0 Å². The van der Waals surface area contributed by atoms with Crippen LogP contribution in [-0.2, 0) is 9.59 Å². The van der Waals surface area contributed by atoms with Gasteiger partial charge in [-0.2, -0.15) is 0 Å². The molecule has 0 aromatic heterocycles. The summed E-state index contributed by atoms with van der Waals surface area (Å²) in [5.74, 6) is -2.63. The lowest BCUT2D eigenvalue weighted by Crippen LogP contribution is -2.19. The lowest BCUT2D eigenvalue weighted by Gasteiger charge is -2.05. The summed E-state index contributed by atoms with van der Waals surface area (Å²) in [5, 5.41) is 18.1. The molecule has 2 aromatic carbocycles. The van der Waals surface area contributed by atoms with Crippen molar-refractivity contribution < 1.29 is 19.8 Å². The molecule has 0 unspecified atom stereocenters. The highest BCUT2D eigenvalue weighted by Gasteiger charge is 2.07. The summed E-state index contributed by atoms with van der Waals surface area (Å²) in [6, 6.07) is 19.0. The molecule has 3 rings (SSSR count). The molecule has 1 heterocycles. The molecule has 0 bridgehead atoms. The van der Waals surface area contributed by atoms with Crippen molar-refractivity contribution in [2.45, 2.75) is 0 Å². The molecule has 0 saturated carbocycles. The SMILES string of the molecule is O=C(O)C(=O)O.c1ccc(-c2ccc(C3=NCCN3)cc2)cc1. The monoisotopic (exact) mass is 312 g/mol. The van der Waals surface area contributed by atoms with E-state index < -0.39 is 11.9 Å². The van der Waals surface area contributed by atoms with Crippen LogP contribution in [0.15, 0.2) is 59.6 Å². The summed E-state index contributed by atoms with van der Waals surface area (Å²) in [7, 11) is 0. The van der Waals surface area contributed by atoms with E-state index in [-0.39, 0.29) is 0 Å². The van der Waals surface area contributed by atoms with Crippen LogP contribution < -0.4 is 5.32 Å². The van der Waals surface area contributed by atoms with Gasteiger partial charge in [-0.3, -0.25) is 4.99 Å². The van der Waals surface area contributed by atoms with Crippen molar-refractivity contribution in [1.82, 2.24) is 5.32 Å². The molecule has 0 aliphatic carbocycles. The summed E-state index contributed by atoms with van der Waals surface area (Å²) in [6.07, 6.45) is 0. The topological polar surface area (TPSA) is 99.0 Å². The molecule has 6 nitrogen and oxygen atoms in total. The van der Waals surface area contributed by atoms with Gasteiger partial charge in [0.05, 0.1) is 6.54 Å². The third-order valence-corrected chi connectivity index (χ3v) is 3.12. The van der Waals surface area contributed by atoms with E-state index in [4.69, 9.17) is 19.8 Å². The number of nitrogens with one attached hydrogen (secondary N) is 1. The number of carbonyl (C=O) groups is 2. The Labute approximate surface area is 133 Å². The minimum atomic E-state index is -1.82. The normalized spacial score (nSPS) is 12.4. The molecule has 1 aliphatic heterocycles. The maximum Gasteiger partial charge on any atom is 0.414 e. The van der Waals surface area contributed by atoms with Gasteiger partial charge in [-0.1, -0.05) is 54.6 Å². The maximum atomic E-state index is 9.10. The van der Waals surface area contributed by atoms with Gasteiger partial charge in [0.1, 0.15) is 5.84 Å². The Hall–Kier alpha value is -3.15. The quantitative estimate of drug-likeness (QED) is 0.735. The summed E-state index contributed by atoms with van der Waals surface area (Å²) in [5.41, 5.74) is 3.66. The zero-order chi connectivity index (χ0) is 16.7. The molecule has 118 valence electrons. The Balaban J connectivity index is 0.000000277. The van der Waals surface area contributed by atoms with E-state index in [1.807, 2.05) is 6.07 Å². The molecule has 23 heavy (non-hydrogen) atoms. The molecule has 0 amide bonds. The summed E-state index contributed by atoms with van der Waals surface area (Å²) >= 11 is 0. The first-order valence-electron chi connectivity index (χ1n) is 6.98. The van der Waals surface area contributed by atoms with Crippen LogP contribution in [0.25, 0.3) is 11.1 Å². The number of aliphatic imine (C=N–C) groups is 1. The molecule has 0 atom stereocenters. The molecular weight excluding hydrogens is 296 g/mol. The van der Waals surface area contributed by atoms with Crippen LogP contribution in [-0.4, -0.2) is 41.1 Å². The van der Waals surface area contributed by atoms with E-state index in [0.29, 0.717) is 0 Å². The first-order valence-corrected chi connectivity index (χ1v) is 6.98. The summed E-state index contributed by atoms with van der Waals surface area (Å²) in [6.45, 7) is 1.84. The number of aliphatic carboxylic acids is 2. The van der Waals surface area contributed by atoms with E-state index in [2.05, 4.69) is 58.8 Å². The Morgan fingerprint density at radius 2 is 1.35 bits per heavy atom. The number of benzene rings is 2. The highest BCUT2D eigenvalue weighted by molar-refractivity contribution is 6.27. The fourth-order valence-electron chi connectivity index (χ4n) is 2.04. The van der Waals surface area contributed by atoms with Gasteiger partial charge < -0.3 is 15.5 Å². The van der Waals surface area contributed by atoms with Crippen LogP contribution in [0.1, 0.15) is 5.56 Å². The highest BCUT2D eigenvalue weighted by atomic mass is 16.4. The van der Waals surface area contributed by atoms with Crippen LogP contribution in [0.5, 0.6) is 0 Å². The Morgan fingerprint density at radius 3 is 1.83 bits per heavy atom. The van der Waals surface area contributed by atoms with E-state index in [1.54, 1.807) is 0 Å². The predicted octanol–water partition coefficient (Wildman–Crippen LogP) is 1.86. The Morgan fingerprint density at radius 1 is 0.826 bits per heavy atom. The molecule has 0 radical (unpaired) electrons. The van der Waals surface area contributed by atoms with Crippen LogP contribution in [0.3, 0.4) is 0 Å². The van der Waals surface area contributed by atoms with Gasteiger partial charge in [-0.15, -0.1) is 0 Å². The maximum absolute atomic E-state index is 9.10. The number of nitrogens with zero attached hydrogens (tertiary/aromatic N) is 1. The first-order chi connectivity index (χ1) is 11.1. The minimum Gasteiger partial charge on any atom is -0.473 e. The van der Waals surface area contributed by atoms with Crippen LogP contribution in [0, 0.1) is 0 Å². The Kier molecular flexibility index (Phi) is 5.46. The standard InChI is InChI=1S/C15H14N2.C2H2O4/c1-2-4-12(5-3-1)13-6-8-14(9-7-13)15-16-10-11-17-15;3-1(4)2(5)6/h1-9H,10-11H2,(H,16,17);(H,3,4)(H,5,6). The van der Waals surface area contributed by atoms with Crippen LogP contribution in [0.4, 0.5) is 0 Å². The van der Waals surface area contributed by atoms with Crippen molar-refractivity contribution in [2.24, 2.45) is 4.99 Å². The summed E-state index contributed by atoms with van der Waals surface area (Å²) in [4.78, 5) is 22.6. The third-order valence-electron chi connectivity index (χ3n) is 3.12. The van der Waals surface area contributed by atoms with Gasteiger partial charge in [0.25, 0.3) is 0 Å². The molecule has 0 saturated heterocycles. The van der Waals surface area contributed by atoms with Crippen molar-refractivity contribution in [3.8, 4) is 11.1 Å². The first kappa shape index (κ1) is 16.2. The fraction of sp³-hybridized carbons (Fsp3) is 0.118. The lowest BCUT2D eigenvalue weighted by atomic mass is 10.0. The Bertz CT molecular complexity index is 697. The van der Waals surface area contributed by atoms with Gasteiger partial charge in [-0.05, 0) is 11.1 Å². The van der Waals surface area contributed by atoms with E-state index >= 15 is 0 Å². The van der Waals surface area contributed by atoms with Gasteiger partial charge in [0.15, 0.2) is 0 Å². The van der Waals surface area contributed by atoms with Crippen molar-refractivity contribution in [1.29, 1.82) is 0 Å². The van der Waals surface area contributed by atoms with Gasteiger partial charge >= 0.3 is 11.9 Å². The van der Waals surface area contributed by atoms with Gasteiger partial charge in [0, 0.05) is 12.1 Å². The molecular formula is C17H16N2O4. The second-order valence-electron chi connectivity index (χ2n) is 4.71. The van der Waals surface area contributed by atoms with Crippen molar-refractivity contribution >= 4 is 17.8 Å². The molecule has 3 N–H and O–H groups in total. The van der Waals surface area contributed by atoms with E-state index in [0.717, 1.165) is 18.9 Å². The number of carboxylic acid groups (broad SMARTS) is 2. The van der Waals surface area contributed by atoms with E-state index in [9.17, 15) is 0 Å². The molecule has 2 aromatic rings. The molecule has 0 spiro atoms. The summed E-state index contributed by atoms with van der Waals surface area (Å²) < 4.78 is 0. The zero-order valence-electron chi connectivity index (χ0n) is 12.3. The zero-order valence-corrected chi connectivity index (χ0v) is 12.3. The van der Waals surface area contributed by atoms with Crippen LogP contribution >= 0.6 is 0 Å². The minimum absolute atomic E-state index is 0.885. The number of hydrogen-bond acceptors (Lipinski definition) is 4. The largest absolute Gasteiger partial charge is 0.473 e. The fourth-order valence-corrected chi connectivity index (χ4v) is 2.04. The van der Waals surface area contributed by atoms with E-state index in [1.165, 1.54) is 16.7 Å². The van der Waals surface area contributed by atoms with Crippen molar-refractivity contribution in [3.05, 3.63) is 60.2 Å². The van der Waals surface area contributed by atoms with Gasteiger partial charge in [0.2, 0.25) is 0 Å².